The van der Waals surface area contributed by atoms with E-state index in [1.54, 1.807) is 6.07 Å². The monoisotopic (exact) mass is 547 g/mol. The van der Waals surface area contributed by atoms with Gasteiger partial charge in [-0.2, -0.15) is 0 Å². The lowest BCUT2D eigenvalue weighted by molar-refractivity contribution is -0.141. The molecular weight excluding hydrogens is 514 g/mol. The summed E-state index contributed by atoms with van der Waals surface area (Å²) in [5.74, 6) is -1.73. The number of aryl methyl sites for hydroxylation is 1. The van der Waals surface area contributed by atoms with Gasteiger partial charge in [-0.3, -0.25) is 14.4 Å². The molecule has 0 radical (unpaired) electrons. The van der Waals surface area contributed by atoms with Crippen molar-refractivity contribution in [3.05, 3.63) is 101 Å². The SMILES string of the molecule is CC[C@H](C)NC(=O)[C@H](Cc1ccccc1)N(Cc1cccc(C)c1)C(=O)CN1C(=O)c2ccccc2S1(=O)=O. The van der Waals surface area contributed by atoms with Crippen LogP contribution in [0.4, 0.5) is 0 Å². The van der Waals surface area contributed by atoms with Crippen LogP contribution in [0.5, 0.6) is 0 Å². The number of benzene rings is 3. The molecule has 204 valence electrons. The number of amides is 3. The molecule has 1 aliphatic rings. The zero-order valence-electron chi connectivity index (χ0n) is 22.3. The van der Waals surface area contributed by atoms with E-state index in [1.807, 2.05) is 75.4 Å². The summed E-state index contributed by atoms with van der Waals surface area (Å²) in [4.78, 5) is 41.9. The van der Waals surface area contributed by atoms with Gasteiger partial charge in [-0.05, 0) is 43.5 Å². The summed E-state index contributed by atoms with van der Waals surface area (Å²) in [6.45, 7) is 5.13. The second kappa shape index (κ2) is 11.8. The molecule has 0 aromatic heterocycles. The molecule has 0 aliphatic carbocycles. The molecule has 8 nitrogen and oxygen atoms in total. The fourth-order valence-corrected chi connectivity index (χ4v) is 6.12. The minimum absolute atomic E-state index is 0.0332. The van der Waals surface area contributed by atoms with Crippen molar-refractivity contribution in [1.82, 2.24) is 14.5 Å². The molecule has 0 spiro atoms. The third-order valence-corrected chi connectivity index (χ3v) is 8.69. The molecule has 1 N–H and O–H groups in total. The minimum Gasteiger partial charge on any atom is -0.352 e. The van der Waals surface area contributed by atoms with Crippen LogP contribution in [0.1, 0.15) is 47.3 Å². The van der Waals surface area contributed by atoms with Gasteiger partial charge in [0, 0.05) is 19.0 Å². The molecule has 3 amide bonds. The number of hydrogen-bond donors (Lipinski definition) is 1. The van der Waals surface area contributed by atoms with Crippen molar-refractivity contribution in [3.8, 4) is 0 Å². The molecule has 3 aromatic rings. The van der Waals surface area contributed by atoms with Gasteiger partial charge in [0.25, 0.3) is 15.9 Å². The quantitative estimate of drug-likeness (QED) is 0.417. The van der Waals surface area contributed by atoms with Gasteiger partial charge in [-0.15, -0.1) is 0 Å². The Hall–Kier alpha value is -3.98. The van der Waals surface area contributed by atoms with Crippen molar-refractivity contribution in [2.75, 3.05) is 6.54 Å². The largest absolute Gasteiger partial charge is 0.352 e. The number of fused-ring (bicyclic) bond motifs is 1. The maximum Gasteiger partial charge on any atom is 0.269 e. The second-order valence-electron chi connectivity index (χ2n) is 9.85. The summed E-state index contributed by atoms with van der Waals surface area (Å²) in [5.41, 5.74) is 2.65. The van der Waals surface area contributed by atoms with Gasteiger partial charge in [-0.25, -0.2) is 12.7 Å². The third kappa shape index (κ3) is 6.20. The molecule has 3 aromatic carbocycles. The van der Waals surface area contributed by atoms with Gasteiger partial charge in [0.1, 0.15) is 17.5 Å². The van der Waals surface area contributed by atoms with Gasteiger partial charge < -0.3 is 10.2 Å². The first-order valence-electron chi connectivity index (χ1n) is 13.0. The van der Waals surface area contributed by atoms with Crippen LogP contribution >= 0.6 is 0 Å². The number of sulfonamides is 1. The van der Waals surface area contributed by atoms with Crippen molar-refractivity contribution < 1.29 is 22.8 Å². The predicted octanol–water partition coefficient (Wildman–Crippen LogP) is 3.69. The summed E-state index contributed by atoms with van der Waals surface area (Å²) in [6.07, 6.45) is 0.927. The molecule has 4 rings (SSSR count). The van der Waals surface area contributed by atoms with Gasteiger partial charge in [-0.1, -0.05) is 79.2 Å². The molecular formula is C30H33N3O5S. The number of nitrogens with one attached hydrogen (secondary N) is 1. The zero-order chi connectivity index (χ0) is 28.2. The highest BCUT2D eigenvalue weighted by molar-refractivity contribution is 7.90. The van der Waals surface area contributed by atoms with Crippen LogP contribution < -0.4 is 5.32 Å². The van der Waals surface area contributed by atoms with E-state index in [0.29, 0.717) is 10.7 Å². The van der Waals surface area contributed by atoms with Crippen LogP contribution in [0, 0.1) is 6.92 Å². The van der Waals surface area contributed by atoms with Crippen LogP contribution in [0.3, 0.4) is 0 Å². The summed E-state index contributed by atoms with van der Waals surface area (Å²) in [5, 5.41) is 2.98. The van der Waals surface area contributed by atoms with E-state index in [4.69, 9.17) is 0 Å². The summed E-state index contributed by atoms with van der Waals surface area (Å²) < 4.78 is 27.0. The van der Waals surface area contributed by atoms with Gasteiger partial charge in [0.15, 0.2) is 0 Å². The molecule has 0 bridgehead atoms. The highest BCUT2D eigenvalue weighted by atomic mass is 32.2. The first-order valence-corrected chi connectivity index (χ1v) is 14.4. The van der Waals surface area contributed by atoms with E-state index in [1.165, 1.54) is 23.1 Å². The summed E-state index contributed by atoms with van der Waals surface area (Å²) >= 11 is 0. The number of carbonyl (C=O) groups is 3. The molecule has 0 fully saturated rings. The van der Waals surface area contributed by atoms with Gasteiger partial charge in [0.05, 0.1) is 5.56 Å². The lowest BCUT2D eigenvalue weighted by atomic mass is 10.0. The van der Waals surface area contributed by atoms with Crippen molar-refractivity contribution in [2.45, 2.75) is 57.1 Å². The zero-order valence-corrected chi connectivity index (χ0v) is 23.1. The Labute approximate surface area is 229 Å². The summed E-state index contributed by atoms with van der Waals surface area (Å²) in [7, 11) is -4.20. The van der Waals surface area contributed by atoms with E-state index in [9.17, 15) is 22.8 Å². The Morgan fingerprint density at radius 3 is 2.28 bits per heavy atom. The van der Waals surface area contributed by atoms with Crippen LogP contribution in [0.2, 0.25) is 0 Å². The normalized spacial score (nSPS) is 15.4. The Morgan fingerprint density at radius 2 is 1.62 bits per heavy atom. The van der Waals surface area contributed by atoms with Crippen molar-refractivity contribution in [3.63, 3.8) is 0 Å². The average molecular weight is 548 g/mol. The van der Waals surface area contributed by atoms with E-state index in [0.717, 1.165) is 16.7 Å². The van der Waals surface area contributed by atoms with Crippen molar-refractivity contribution in [2.24, 2.45) is 0 Å². The highest BCUT2D eigenvalue weighted by Crippen LogP contribution is 2.30. The van der Waals surface area contributed by atoms with Crippen LogP contribution in [-0.4, -0.2) is 54.0 Å². The fourth-order valence-electron chi connectivity index (χ4n) is 4.60. The maximum atomic E-state index is 14.0. The smallest absolute Gasteiger partial charge is 0.269 e. The topological polar surface area (TPSA) is 104 Å². The number of carbonyl (C=O) groups excluding carboxylic acids is 3. The molecule has 9 heteroatoms. The fraction of sp³-hybridized carbons (Fsp3) is 0.300. The molecule has 0 saturated heterocycles. The first kappa shape index (κ1) is 28.0. The standard InChI is InChI=1S/C30H33N3O5S/c1-4-22(3)31-29(35)26(18-23-12-6-5-7-13-23)32(19-24-14-10-11-21(2)17-24)28(34)20-33-30(36)25-15-8-9-16-27(25)39(33,37)38/h5-17,22,26H,4,18-20H2,1-3H3,(H,31,35)/t22-,26-/m0/s1. The van der Waals surface area contributed by atoms with E-state index in [2.05, 4.69) is 5.32 Å². The van der Waals surface area contributed by atoms with E-state index >= 15 is 0 Å². The molecule has 0 saturated carbocycles. The van der Waals surface area contributed by atoms with Crippen LogP contribution in [-0.2, 0) is 32.6 Å². The Balaban J connectivity index is 1.72. The van der Waals surface area contributed by atoms with Crippen molar-refractivity contribution in [1.29, 1.82) is 0 Å². The minimum atomic E-state index is -4.20. The molecule has 0 unspecified atom stereocenters. The van der Waals surface area contributed by atoms with Crippen LogP contribution in [0.25, 0.3) is 0 Å². The molecule has 39 heavy (non-hydrogen) atoms. The first-order chi connectivity index (χ1) is 18.6. The predicted molar refractivity (Wildman–Crippen MR) is 148 cm³/mol. The van der Waals surface area contributed by atoms with E-state index < -0.39 is 34.4 Å². The number of hydrogen-bond acceptors (Lipinski definition) is 5. The van der Waals surface area contributed by atoms with Crippen molar-refractivity contribution >= 4 is 27.7 Å². The van der Waals surface area contributed by atoms with Crippen LogP contribution in [0.15, 0.2) is 83.8 Å². The lowest BCUT2D eigenvalue weighted by Crippen LogP contribution is -2.54. The Morgan fingerprint density at radius 1 is 0.949 bits per heavy atom. The Kier molecular flexibility index (Phi) is 8.50. The Bertz CT molecular complexity index is 1470. The highest BCUT2D eigenvalue weighted by Gasteiger charge is 2.43. The third-order valence-electron chi connectivity index (χ3n) is 6.90. The molecule has 2 atom stereocenters. The lowest BCUT2D eigenvalue weighted by Gasteiger charge is -2.33. The number of rotatable bonds is 10. The number of nitrogens with zero attached hydrogens (tertiary/aromatic N) is 2. The average Bonchev–Trinajstić information content (AvgIpc) is 3.11. The second-order valence-corrected chi connectivity index (χ2v) is 11.7. The molecule has 1 heterocycles. The summed E-state index contributed by atoms with van der Waals surface area (Å²) in [6, 6.07) is 21.8. The molecule has 1 aliphatic heterocycles. The van der Waals surface area contributed by atoms with E-state index in [-0.39, 0.29) is 35.4 Å². The maximum absolute atomic E-state index is 14.0. The van der Waals surface area contributed by atoms with Gasteiger partial charge in [0.2, 0.25) is 11.8 Å². The van der Waals surface area contributed by atoms with Gasteiger partial charge >= 0.3 is 0 Å².